The Bertz CT molecular complexity index is 570. The Morgan fingerprint density at radius 1 is 1.05 bits per heavy atom. The number of nitrogens with two attached hydrogens (primary N) is 1. The molecular weight excluding hydrogens is 282 g/mol. The van der Waals surface area contributed by atoms with Crippen LogP contribution in [0.2, 0.25) is 5.02 Å². The second-order valence-electron chi connectivity index (χ2n) is 4.64. The van der Waals surface area contributed by atoms with Gasteiger partial charge in [0, 0.05) is 17.1 Å². The summed E-state index contributed by atoms with van der Waals surface area (Å²) in [4.78, 5) is 0. The topological polar surface area (TPSA) is 38.0 Å². The summed E-state index contributed by atoms with van der Waals surface area (Å²) >= 11 is 6.09. The highest BCUT2D eigenvalue weighted by molar-refractivity contribution is 6.31. The van der Waals surface area contributed by atoms with E-state index in [0.29, 0.717) is 23.4 Å². The van der Waals surface area contributed by atoms with Crippen LogP contribution in [0, 0.1) is 11.6 Å². The molecule has 2 rings (SSSR count). The lowest BCUT2D eigenvalue weighted by Crippen LogP contribution is -2.38. The number of hydrazine groups is 1. The Balaban J connectivity index is 2.11. The monoisotopic (exact) mass is 296 g/mol. The van der Waals surface area contributed by atoms with Gasteiger partial charge in [0.1, 0.15) is 11.6 Å². The molecule has 5 heteroatoms. The number of rotatable bonds is 5. The van der Waals surface area contributed by atoms with Crippen molar-refractivity contribution in [2.24, 2.45) is 5.84 Å². The van der Waals surface area contributed by atoms with Crippen LogP contribution in [0.5, 0.6) is 0 Å². The lowest BCUT2D eigenvalue weighted by Gasteiger charge is -2.17. The fourth-order valence-electron chi connectivity index (χ4n) is 2.13. The first kappa shape index (κ1) is 14.9. The van der Waals surface area contributed by atoms with E-state index in [2.05, 4.69) is 5.43 Å². The van der Waals surface area contributed by atoms with Crippen molar-refractivity contribution in [1.82, 2.24) is 5.43 Å². The minimum absolute atomic E-state index is 0.156. The Morgan fingerprint density at radius 3 is 2.30 bits per heavy atom. The van der Waals surface area contributed by atoms with E-state index in [4.69, 9.17) is 17.4 Å². The SMILES string of the molecule is NNC(Cc1cc(F)cc(F)c1)Cc1ccccc1Cl. The van der Waals surface area contributed by atoms with Crippen LogP contribution >= 0.6 is 11.6 Å². The van der Waals surface area contributed by atoms with Crippen molar-refractivity contribution in [3.8, 4) is 0 Å². The maximum atomic E-state index is 13.2. The Morgan fingerprint density at radius 2 is 1.70 bits per heavy atom. The Hall–Kier alpha value is -1.49. The van der Waals surface area contributed by atoms with E-state index in [-0.39, 0.29) is 6.04 Å². The third kappa shape index (κ3) is 4.00. The van der Waals surface area contributed by atoms with Crippen LogP contribution in [-0.2, 0) is 12.8 Å². The molecule has 1 unspecified atom stereocenters. The normalized spacial score (nSPS) is 12.4. The molecule has 0 spiro atoms. The van der Waals surface area contributed by atoms with Crippen molar-refractivity contribution in [2.75, 3.05) is 0 Å². The van der Waals surface area contributed by atoms with Gasteiger partial charge in [0.15, 0.2) is 0 Å². The van der Waals surface area contributed by atoms with Gasteiger partial charge in [-0.05, 0) is 42.2 Å². The zero-order valence-corrected chi connectivity index (χ0v) is 11.5. The molecule has 0 aliphatic rings. The molecule has 2 aromatic rings. The van der Waals surface area contributed by atoms with Gasteiger partial charge in [0.2, 0.25) is 0 Å². The van der Waals surface area contributed by atoms with Gasteiger partial charge in [0.25, 0.3) is 0 Å². The van der Waals surface area contributed by atoms with Crippen LogP contribution in [0.4, 0.5) is 8.78 Å². The molecule has 2 nitrogen and oxygen atoms in total. The van der Waals surface area contributed by atoms with Gasteiger partial charge in [-0.1, -0.05) is 29.8 Å². The largest absolute Gasteiger partial charge is 0.271 e. The average molecular weight is 297 g/mol. The minimum Gasteiger partial charge on any atom is -0.271 e. The molecule has 0 saturated heterocycles. The summed E-state index contributed by atoms with van der Waals surface area (Å²) in [6.07, 6.45) is 0.991. The third-order valence-electron chi connectivity index (χ3n) is 3.06. The fraction of sp³-hybridized carbons (Fsp3) is 0.200. The molecule has 0 aliphatic heterocycles. The van der Waals surface area contributed by atoms with Crippen molar-refractivity contribution in [3.05, 3.63) is 70.2 Å². The van der Waals surface area contributed by atoms with Crippen molar-refractivity contribution in [1.29, 1.82) is 0 Å². The zero-order valence-electron chi connectivity index (χ0n) is 10.7. The molecule has 2 aromatic carbocycles. The molecule has 0 fully saturated rings. The van der Waals surface area contributed by atoms with Gasteiger partial charge in [-0.25, -0.2) is 8.78 Å². The Labute approximate surface area is 121 Å². The second kappa shape index (κ2) is 6.79. The number of halogens is 3. The maximum Gasteiger partial charge on any atom is 0.126 e. The van der Waals surface area contributed by atoms with Crippen molar-refractivity contribution in [3.63, 3.8) is 0 Å². The third-order valence-corrected chi connectivity index (χ3v) is 3.43. The number of nitrogens with one attached hydrogen (secondary N) is 1. The van der Waals surface area contributed by atoms with Gasteiger partial charge in [-0.2, -0.15) is 0 Å². The fourth-order valence-corrected chi connectivity index (χ4v) is 2.35. The van der Waals surface area contributed by atoms with E-state index in [9.17, 15) is 8.78 Å². The predicted molar refractivity (Wildman–Crippen MR) is 76.3 cm³/mol. The lowest BCUT2D eigenvalue weighted by atomic mass is 9.99. The van der Waals surface area contributed by atoms with E-state index in [1.807, 2.05) is 18.2 Å². The molecule has 0 heterocycles. The van der Waals surface area contributed by atoms with E-state index < -0.39 is 11.6 Å². The smallest absolute Gasteiger partial charge is 0.126 e. The molecule has 0 aromatic heterocycles. The highest BCUT2D eigenvalue weighted by atomic mass is 35.5. The summed E-state index contributed by atoms with van der Waals surface area (Å²) in [5.74, 6) is 4.34. The average Bonchev–Trinajstić information content (AvgIpc) is 2.39. The number of hydrogen-bond acceptors (Lipinski definition) is 2. The van der Waals surface area contributed by atoms with Crippen molar-refractivity contribution < 1.29 is 8.78 Å². The van der Waals surface area contributed by atoms with Crippen molar-refractivity contribution >= 4 is 11.6 Å². The van der Waals surface area contributed by atoms with Crippen LogP contribution in [0.1, 0.15) is 11.1 Å². The van der Waals surface area contributed by atoms with Gasteiger partial charge >= 0.3 is 0 Å². The molecule has 1 atom stereocenters. The van der Waals surface area contributed by atoms with Crippen LogP contribution in [0.15, 0.2) is 42.5 Å². The number of hydrogen-bond donors (Lipinski definition) is 2. The van der Waals surface area contributed by atoms with E-state index in [1.54, 1.807) is 6.07 Å². The van der Waals surface area contributed by atoms with Crippen molar-refractivity contribution in [2.45, 2.75) is 18.9 Å². The summed E-state index contributed by atoms with van der Waals surface area (Å²) in [5.41, 5.74) is 4.15. The molecule has 0 aliphatic carbocycles. The molecule has 106 valence electrons. The van der Waals surface area contributed by atoms with E-state index >= 15 is 0 Å². The summed E-state index contributed by atoms with van der Waals surface area (Å²) in [7, 11) is 0. The molecule has 20 heavy (non-hydrogen) atoms. The number of benzene rings is 2. The Kier molecular flexibility index (Phi) is 5.06. The van der Waals surface area contributed by atoms with Gasteiger partial charge in [-0.3, -0.25) is 11.3 Å². The first-order chi connectivity index (χ1) is 9.58. The molecule has 0 saturated carbocycles. The molecule has 0 bridgehead atoms. The summed E-state index contributed by atoms with van der Waals surface area (Å²) < 4.78 is 26.3. The lowest BCUT2D eigenvalue weighted by molar-refractivity contribution is 0.516. The van der Waals surface area contributed by atoms with Gasteiger partial charge in [0.05, 0.1) is 0 Å². The quantitative estimate of drug-likeness (QED) is 0.657. The van der Waals surface area contributed by atoms with Gasteiger partial charge in [-0.15, -0.1) is 0 Å². The van der Waals surface area contributed by atoms with Crippen LogP contribution < -0.4 is 11.3 Å². The highest BCUT2D eigenvalue weighted by Crippen LogP contribution is 2.18. The molecule has 0 amide bonds. The molecular formula is C15H15ClF2N2. The maximum absolute atomic E-state index is 13.2. The summed E-state index contributed by atoms with van der Waals surface area (Å²) in [6.45, 7) is 0. The zero-order chi connectivity index (χ0) is 14.5. The summed E-state index contributed by atoms with van der Waals surface area (Å²) in [5, 5.41) is 0.651. The van der Waals surface area contributed by atoms with Crippen LogP contribution in [0.25, 0.3) is 0 Å². The van der Waals surface area contributed by atoms with Gasteiger partial charge < -0.3 is 0 Å². The standard InChI is InChI=1S/C15H15ClF2N2/c16-15-4-2-1-3-11(15)8-14(20-19)7-10-5-12(17)9-13(18)6-10/h1-6,9,14,20H,7-8,19H2. The first-order valence-corrected chi connectivity index (χ1v) is 6.61. The summed E-state index contributed by atoms with van der Waals surface area (Å²) in [6, 6.07) is 10.7. The predicted octanol–water partition coefficient (Wildman–Crippen LogP) is 3.24. The second-order valence-corrected chi connectivity index (χ2v) is 5.05. The van der Waals surface area contributed by atoms with E-state index in [0.717, 1.165) is 11.6 Å². The van der Waals surface area contributed by atoms with Crippen LogP contribution in [0.3, 0.4) is 0 Å². The minimum atomic E-state index is -0.589. The molecule has 3 N–H and O–H groups in total. The van der Waals surface area contributed by atoms with E-state index in [1.165, 1.54) is 12.1 Å². The first-order valence-electron chi connectivity index (χ1n) is 6.23. The van der Waals surface area contributed by atoms with Crippen LogP contribution in [-0.4, -0.2) is 6.04 Å². The molecule has 0 radical (unpaired) electrons. The highest BCUT2D eigenvalue weighted by Gasteiger charge is 2.12.